The van der Waals surface area contributed by atoms with Gasteiger partial charge in [-0.15, -0.1) is 0 Å². The summed E-state index contributed by atoms with van der Waals surface area (Å²) < 4.78 is 13.0. The van der Waals surface area contributed by atoms with Gasteiger partial charge in [-0.25, -0.2) is 9.98 Å². The average Bonchev–Trinajstić information content (AvgIpc) is 3.87. The molecule has 3 heterocycles. The largest absolute Gasteiger partial charge is 0.456 e. The van der Waals surface area contributed by atoms with Crippen molar-refractivity contribution in [3.63, 3.8) is 0 Å². The second-order valence-corrected chi connectivity index (χ2v) is 15.0. The van der Waals surface area contributed by atoms with Crippen LogP contribution in [0.5, 0.6) is 0 Å². The van der Waals surface area contributed by atoms with E-state index in [9.17, 15) is 0 Å². The van der Waals surface area contributed by atoms with Crippen LogP contribution in [-0.4, -0.2) is 11.7 Å². The first-order valence-corrected chi connectivity index (χ1v) is 19.6. The van der Waals surface area contributed by atoms with Crippen molar-refractivity contribution in [2.24, 2.45) is 9.98 Å². The van der Waals surface area contributed by atoms with E-state index in [4.69, 9.17) is 18.8 Å². The van der Waals surface area contributed by atoms with Crippen LogP contribution in [0.1, 0.15) is 22.9 Å². The van der Waals surface area contributed by atoms with E-state index >= 15 is 0 Å². The molecule has 5 heteroatoms. The number of fused-ring (bicyclic) bond motifs is 8. The highest BCUT2D eigenvalue weighted by atomic mass is 16.3. The Bertz CT molecular complexity index is 3500. The SMILES string of the molecule is c1ccc(-c2ccc3c(c2)oc2cccc(-c4ccc5ccc(C6=NC(c7ccc8ccccc8c7)=NC(c7cccc8c7oc7ccccc78)N6)cc5c4)c23)cc1. The zero-order chi connectivity index (χ0) is 38.2. The van der Waals surface area contributed by atoms with Crippen molar-refractivity contribution in [2.45, 2.75) is 6.17 Å². The van der Waals surface area contributed by atoms with Crippen molar-refractivity contribution >= 4 is 77.1 Å². The van der Waals surface area contributed by atoms with Crippen LogP contribution in [0.4, 0.5) is 0 Å². The van der Waals surface area contributed by atoms with Crippen LogP contribution < -0.4 is 5.32 Å². The van der Waals surface area contributed by atoms with E-state index in [2.05, 4.69) is 169 Å². The molecule has 9 aromatic carbocycles. The van der Waals surface area contributed by atoms with E-state index in [0.29, 0.717) is 5.84 Å². The fourth-order valence-electron chi connectivity index (χ4n) is 8.64. The first-order valence-electron chi connectivity index (χ1n) is 19.6. The van der Waals surface area contributed by atoms with Crippen molar-refractivity contribution in [3.05, 3.63) is 205 Å². The molecular weight excluding hydrogens is 711 g/mol. The normalized spacial score (nSPS) is 14.4. The number of para-hydroxylation sites is 2. The number of rotatable bonds is 5. The zero-order valence-corrected chi connectivity index (χ0v) is 31.2. The van der Waals surface area contributed by atoms with Gasteiger partial charge in [-0.2, -0.15) is 0 Å². The third kappa shape index (κ3) is 5.32. The summed E-state index contributed by atoms with van der Waals surface area (Å²) in [5, 5.41) is 12.7. The Hall–Kier alpha value is -7.76. The summed E-state index contributed by atoms with van der Waals surface area (Å²) in [6.07, 6.45) is -0.436. The lowest BCUT2D eigenvalue weighted by Gasteiger charge is -2.24. The summed E-state index contributed by atoms with van der Waals surface area (Å²) in [5.41, 5.74) is 10.9. The number of hydrogen-bond donors (Lipinski definition) is 1. The van der Waals surface area contributed by atoms with E-state index in [1.807, 2.05) is 24.3 Å². The minimum absolute atomic E-state index is 0.436. The van der Waals surface area contributed by atoms with E-state index in [1.165, 1.54) is 10.9 Å². The second kappa shape index (κ2) is 12.9. The maximum absolute atomic E-state index is 6.51. The number of aliphatic imine (C=N–C) groups is 2. The standard InChI is InChI=1S/C53H33N3O2/c1-2-10-32(11-3-1)36-26-27-44-48(31-36)57-47-19-9-15-41(49(44)47)37-23-20-34-22-25-39(30-40(34)29-37)52-54-51(38-24-21-33-12-4-5-13-35(33)28-38)55-53(56-52)45-17-8-16-43-42-14-6-7-18-46(42)58-50(43)45/h1-31,53H,(H,54,55,56). The molecule has 0 fully saturated rings. The summed E-state index contributed by atoms with van der Waals surface area (Å²) in [6.45, 7) is 0. The van der Waals surface area contributed by atoms with Gasteiger partial charge in [-0.1, -0.05) is 146 Å². The van der Waals surface area contributed by atoms with E-state index in [0.717, 1.165) is 99.3 Å². The zero-order valence-electron chi connectivity index (χ0n) is 31.2. The van der Waals surface area contributed by atoms with Crippen molar-refractivity contribution in [2.75, 3.05) is 0 Å². The maximum Gasteiger partial charge on any atom is 0.159 e. The first-order chi connectivity index (χ1) is 28.7. The van der Waals surface area contributed by atoms with Gasteiger partial charge in [-0.05, 0) is 86.3 Å². The molecule has 1 atom stereocenters. The van der Waals surface area contributed by atoms with Gasteiger partial charge in [0.25, 0.3) is 0 Å². The van der Waals surface area contributed by atoms with E-state index < -0.39 is 6.17 Å². The number of hydrogen-bond acceptors (Lipinski definition) is 5. The summed E-state index contributed by atoms with van der Waals surface area (Å²) in [6, 6.07) is 65.8. The number of nitrogens with one attached hydrogen (secondary N) is 1. The average molecular weight is 744 g/mol. The second-order valence-electron chi connectivity index (χ2n) is 15.0. The molecule has 11 aromatic rings. The van der Waals surface area contributed by atoms with Crippen LogP contribution in [0.25, 0.3) is 87.7 Å². The van der Waals surface area contributed by atoms with Crippen molar-refractivity contribution in [3.8, 4) is 22.3 Å². The molecule has 2 aromatic heterocycles. The predicted octanol–water partition coefficient (Wildman–Crippen LogP) is 13.6. The molecule has 0 radical (unpaired) electrons. The summed E-state index contributed by atoms with van der Waals surface area (Å²) in [5.74, 6) is 1.42. The van der Waals surface area contributed by atoms with Crippen molar-refractivity contribution in [1.82, 2.24) is 5.32 Å². The first kappa shape index (κ1) is 32.5. The lowest BCUT2D eigenvalue weighted by atomic mass is 9.95. The van der Waals surface area contributed by atoms with Crippen LogP contribution in [0.2, 0.25) is 0 Å². The molecule has 1 N–H and O–H groups in total. The minimum Gasteiger partial charge on any atom is -0.456 e. The van der Waals surface area contributed by atoms with Crippen LogP contribution in [0.3, 0.4) is 0 Å². The predicted molar refractivity (Wildman–Crippen MR) is 239 cm³/mol. The van der Waals surface area contributed by atoms with Gasteiger partial charge in [0.2, 0.25) is 0 Å². The fraction of sp³-hybridized carbons (Fsp3) is 0.0189. The minimum atomic E-state index is -0.436. The highest BCUT2D eigenvalue weighted by Crippen LogP contribution is 2.40. The third-order valence-electron chi connectivity index (χ3n) is 11.5. The highest BCUT2D eigenvalue weighted by molar-refractivity contribution is 6.16. The Balaban J connectivity index is 0.975. The molecule has 58 heavy (non-hydrogen) atoms. The number of amidine groups is 2. The molecule has 1 unspecified atom stereocenters. The van der Waals surface area contributed by atoms with Gasteiger partial charge in [0.15, 0.2) is 12.0 Å². The fourth-order valence-corrected chi connectivity index (χ4v) is 8.64. The number of furan rings is 2. The van der Waals surface area contributed by atoms with Gasteiger partial charge in [0.05, 0.1) is 0 Å². The van der Waals surface area contributed by atoms with Crippen LogP contribution in [0, 0.1) is 0 Å². The van der Waals surface area contributed by atoms with Crippen LogP contribution >= 0.6 is 0 Å². The molecule has 0 saturated carbocycles. The third-order valence-corrected chi connectivity index (χ3v) is 11.5. The molecule has 12 rings (SSSR count). The van der Waals surface area contributed by atoms with E-state index in [1.54, 1.807) is 0 Å². The molecule has 1 aliphatic rings. The van der Waals surface area contributed by atoms with Gasteiger partial charge in [-0.3, -0.25) is 0 Å². The van der Waals surface area contributed by atoms with Gasteiger partial charge in [0.1, 0.15) is 28.2 Å². The Morgan fingerprint density at radius 3 is 2.02 bits per heavy atom. The molecule has 272 valence electrons. The van der Waals surface area contributed by atoms with Crippen LogP contribution in [-0.2, 0) is 0 Å². The molecule has 0 aliphatic carbocycles. The molecular formula is C53H33N3O2. The monoisotopic (exact) mass is 743 g/mol. The van der Waals surface area contributed by atoms with Crippen molar-refractivity contribution < 1.29 is 8.83 Å². The summed E-state index contributed by atoms with van der Waals surface area (Å²) in [7, 11) is 0. The topological polar surface area (TPSA) is 63.0 Å². The lowest BCUT2D eigenvalue weighted by Crippen LogP contribution is -2.33. The number of nitrogens with zero attached hydrogens (tertiary/aromatic N) is 2. The Morgan fingerprint density at radius 2 is 1.10 bits per heavy atom. The smallest absolute Gasteiger partial charge is 0.159 e. The highest BCUT2D eigenvalue weighted by Gasteiger charge is 2.25. The van der Waals surface area contributed by atoms with Crippen molar-refractivity contribution in [1.29, 1.82) is 0 Å². The number of benzene rings is 9. The summed E-state index contributed by atoms with van der Waals surface area (Å²) >= 11 is 0. The molecule has 0 bridgehead atoms. The van der Waals surface area contributed by atoms with Gasteiger partial charge in [0, 0.05) is 38.2 Å². The lowest BCUT2D eigenvalue weighted by molar-refractivity contribution is 0.628. The van der Waals surface area contributed by atoms with Crippen LogP contribution in [0.15, 0.2) is 207 Å². The Kier molecular flexibility index (Phi) is 7.23. The van der Waals surface area contributed by atoms with Gasteiger partial charge >= 0.3 is 0 Å². The van der Waals surface area contributed by atoms with E-state index in [-0.39, 0.29) is 0 Å². The molecule has 5 nitrogen and oxygen atoms in total. The molecule has 0 spiro atoms. The molecule has 1 aliphatic heterocycles. The quantitative estimate of drug-likeness (QED) is 0.191. The van der Waals surface area contributed by atoms with Gasteiger partial charge < -0.3 is 14.2 Å². The maximum atomic E-state index is 6.51. The Morgan fingerprint density at radius 1 is 0.414 bits per heavy atom. The Labute approximate surface area is 333 Å². The molecule has 0 amide bonds. The molecule has 0 saturated heterocycles. The summed E-state index contributed by atoms with van der Waals surface area (Å²) in [4.78, 5) is 10.5.